The van der Waals surface area contributed by atoms with E-state index < -0.39 is 65.0 Å². The molecule has 0 aromatic heterocycles. The molecule has 6 unspecified atom stereocenters. The molecule has 3 aliphatic carbocycles. The van der Waals surface area contributed by atoms with Gasteiger partial charge < -0.3 is 20.7 Å². The summed E-state index contributed by atoms with van der Waals surface area (Å²) >= 11 is 0. The molecule has 2 saturated carbocycles. The van der Waals surface area contributed by atoms with Gasteiger partial charge in [0.2, 0.25) is 5.91 Å². The van der Waals surface area contributed by atoms with Gasteiger partial charge in [-0.3, -0.25) is 24.1 Å². The lowest BCUT2D eigenvalue weighted by Crippen LogP contribution is -2.69. The monoisotopic (exact) mass is 506 g/mol. The first-order chi connectivity index (χ1) is 17.5. The number of ether oxygens (including phenoxy) is 1. The molecule has 0 aliphatic heterocycles. The average molecular weight is 507 g/mol. The zero-order valence-corrected chi connectivity index (χ0v) is 20.9. The molecule has 6 atom stereocenters. The summed E-state index contributed by atoms with van der Waals surface area (Å²) < 4.78 is 5.24. The van der Waals surface area contributed by atoms with Gasteiger partial charge in [-0.2, -0.15) is 0 Å². The molecule has 0 spiro atoms. The van der Waals surface area contributed by atoms with Crippen LogP contribution in [0.25, 0.3) is 11.1 Å². The molecule has 37 heavy (non-hydrogen) atoms. The maximum Gasteiger partial charge on any atom is 0.228 e. The summed E-state index contributed by atoms with van der Waals surface area (Å²) in [6, 6.07) is 9.61. The topological polar surface area (TPSA) is 147 Å². The number of nitrogens with zero attached hydrogens (tertiary/aromatic N) is 1. The summed E-state index contributed by atoms with van der Waals surface area (Å²) in [5.41, 5.74) is 5.71. The highest BCUT2D eigenvalue weighted by Crippen LogP contribution is 2.52. The number of phenolic OH excluding ortho intramolecular Hbond substituents is 1. The SMILES string of the molecule is COc1ccc(-c2ccc(O)c3c2CC2CC4C(N(C)C)C(=O)C(C(N)=O)CC4(O)C(=O)C2C3=O)cc1. The smallest absolute Gasteiger partial charge is 0.228 e. The standard InChI is InChI=1S/C28H30N2O7/c1-30(2)23-19-11-14-10-17-16(13-4-6-15(37-3)7-5-13)8-9-20(31)22(17)25(33)21(14)26(34)28(19,36)12-18(24(23)32)27(29)35/h4-9,14,18-19,21,23,31,36H,10-12H2,1-3H3,(H2,29,35). The van der Waals surface area contributed by atoms with Crippen molar-refractivity contribution in [2.45, 2.75) is 30.9 Å². The van der Waals surface area contributed by atoms with Gasteiger partial charge in [0.25, 0.3) is 0 Å². The number of fused-ring (bicyclic) bond motifs is 3. The van der Waals surface area contributed by atoms with Crippen molar-refractivity contribution in [3.8, 4) is 22.6 Å². The number of rotatable bonds is 4. The molecule has 0 bridgehead atoms. The predicted octanol–water partition coefficient (Wildman–Crippen LogP) is 1.36. The van der Waals surface area contributed by atoms with Gasteiger partial charge in [0.1, 0.15) is 23.0 Å². The minimum atomic E-state index is -2.06. The number of aromatic hydroxyl groups is 1. The molecule has 9 heteroatoms. The summed E-state index contributed by atoms with van der Waals surface area (Å²) in [5.74, 6) is -5.90. The molecule has 2 aromatic carbocycles. The number of hydrogen-bond donors (Lipinski definition) is 3. The minimum Gasteiger partial charge on any atom is -0.507 e. The maximum absolute atomic E-state index is 13.9. The molecule has 0 radical (unpaired) electrons. The number of aliphatic hydroxyl groups is 1. The number of primary amides is 1. The van der Waals surface area contributed by atoms with Crippen molar-refractivity contribution in [1.82, 2.24) is 4.90 Å². The Morgan fingerprint density at radius 1 is 1.11 bits per heavy atom. The zero-order chi connectivity index (χ0) is 26.8. The van der Waals surface area contributed by atoms with E-state index in [1.165, 1.54) is 6.07 Å². The number of nitrogens with two attached hydrogens (primary N) is 1. The molecular formula is C28H30N2O7. The van der Waals surface area contributed by atoms with Crippen LogP contribution in [-0.2, 0) is 20.8 Å². The minimum absolute atomic E-state index is 0.0764. The first-order valence-electron chi connectivity index (χ1n) is 12.3. The summed E-state index contributed by atoms with van der Waals surface area (Å²) in [6.07, 6.45) is 0.111. The summed E-state index contributed by atoms with van der Waals surface area (Å²) in [7, 11) is 4.88. The number of hydrogen-bond acceptors (Lipinski definition) is 8. The van der Waals surface area contributed by atoms with E-state index in [1.807, 2.05) is 12.1 Å². The van der Waals surface area contributed by atoms with Crippen molar-refractivity contribution >= 4 is 23.3 Å². The molecule has 0 heterocycles. The number of methoxy groups -OCH3 is 1. The third kappa shape index (κ3) is 3.67. The molecule has 2 fully saturated rings. The first kappa shape index (κ1) is 25.1. The van der Waals surface area contributed by atoms with Crippen molar-refractivity contribution in [3.05, 3.63) is 47.5 Å². The van der Waals surface area contributed by atoms with Crippen LogP contribution in [0.4, 0.5) is 0 Å². The molecule has 9 nitrogen and oxygen atoms in total. The van der Waals surface area contributed by atoms with E-state index in [-0.39, 0.29) is 17.7 Å². The van der Waals surface area contributed by atoms with E-state index in [2.05, 4.69) is 0 Å². The number of ketones is 3. The molecule has 194 valence electrons. The third-order valence-electron chi connectivity index (χ3n) is 8.47. The Bertz CT molecular complexity index is 1320. The first-order valence-corrected chi connectivity index (χ1v) is 12.3. The summed E-state index contributed by atoms with van der Waals surface area (Å²) in [5, 5.41) is 22.4. The lowest BCUT2D eigenvalue weighted by molar-refractivity contribution is -0.176. The van der Waals surface area contributed by atoms with Crippen LogP contribution in [0.1, 0.15) is 28.8 Å². The van der Waals surface area contributed by atoms with Gasteiger partial charge in [-0.1, -0.05) is 18.2 Å². The van der Waals surface area contributed by atoms with Crippen LogP contribution in [0, 0.1) is 23.7 Å². The van der Waals surface area contributed by atoms with E-state index in [0.29, 0.717) is 17.7 Å². The second kappa shape index (κ2) is 8.78. The highest BCUT2D eigenvalue weighted by atomic mass is 16.5. The fourth-order valence-corrected chi connectivity index (χ4v) is 6.75. The van der Waals surface area contributed by atoms with Crippen molar-refractivity contribution in [2.24, 2.45) is 29.4 Å². The number of amides is 1. The number of likely N-dealkylation sites (N-methyl/N-ethyl adjacent to an activating group) is 1. The Kier molecular flexibility index (Phi) is 5.96. The molecule has 2 aromatic rings. The molecule has 1 amide bonds. The number of benzene rings is 2. The molecule has 0 saturated heterocycles. The van der Waals surface area contributed by atoms with Crippen molar-refractivity contribution in [1.29, 1.82) is 0 Å². The highest BCUT2D eigenvalue weighted by Gasteiger charge is 2.64. The van der Waals surface area contributed by atoms with Gasteiger partial charge in [-0.15, -0.1) is 0 Å². The lowest BCUT2D eigenvalue weighted by Gasteiger charge is -2.53. The quantitative estimate of drug-likeness (QED) is 0.527. The Morgan fingerprint density at radius 2 is 1.78 bits per heavy atom. The molecule has 4 N–H and O–H groups in total. The number of carbonyl (C=O) groups excluding carboxylic acids is 4. The second-order valence-electron chi connectivity index (χ2n) is 10.6. The fraction of sp³-hybridized carbons (Fsp3) is 0.429. The summed E-state index contributed by atoms with van der Waals surface area (Å²) in [6.45, 7) is 0. The second-order valence-corrected chi connectivity index (χ2v) is 10.6. The third-order valence-corrected chi connectivity index (χ3v) is 8.47. The van der Waals surface area contributed by atoms with E-state index in [0.717, 1.165) is 11.1 Å². The lowest BCUT2D eigenvalue weighted by atomic mass is 9.52. The van der Waals surface area contributed by atoms with E-state index in [1.54, 1.807) is 44.3 Å². The number of carbonyl (C=O) groups is 4. The average Bonchev–Trinajstić information content (AvgIpc) is 2.85. The van der Waals surface area contributed by atoms with Gasteiger partial charge in [0, 0.05) is 12.3 Å². The van der Waals surface area contributed by atoms with Gasteiger partial charge in [0.05, 0.1) is 24.6 Å². The molecular weight excluding hydrogens is 476 g/mol. The fourth-order valence-electron chi connectivity index (χ4n) is 6.75. The van der Waals surface area contributed by atoms with Crippen LogP contribution in [0.5, 0.6) is 11.5 Å². The van der Waals surface area contributed by atoms with Crippen molar-refractivity contribution < 1.29 is 34.1 Å². The van der Waals surface area contributed by atoms with Crippen LogP contribution >= 0.6 is 0 Å². The molecule has 3 aliphatic rings. The van der Waals surface area contributed by atoms with Gasteiger partial charge >= 0.3 is 0 Å². The summed E-state index contributed by atoms with van der Waals surface area (Å²) in [4.78, 5) is 54.5. The van der Waals surface area contributed by atoms with Crippen LogP contribution in [-0.4, -0.2) is 71.2 Å². The maximum atomic E-state index is 13.9. The largest absolute Gasteiger partial charge is 0.507 e. The van der Waals surface area contributed by atoms with E-state index in [9.17, 15) is 29.4 Å². The Morgan fingerprint density at radius 3 is 2.38 bits per heavy atom. The number of phenols is 1. The Hall–Kier alpha value is -3.56. The van der Waals surface area contributed by atoms with Crippen molar-refractivity contribution in [2.75, 3.05) is 21.2 Å². The molecule has 5 rings (SSSR count). The predicted molar refractivity (Wildman–Crippen MR) is 133 cm³/mol. The normalized spacial score (nSPS) is 30.9. The van der Waals surface area contributed by atoms with Gasteiger partial charge in [-0.05, 0) is 67.7 Å². The Labute approximate surface area is 214 Å². The van der Waals surface area contributed by atoms with Crippen molar-refractivity contribution in [3.63, 3.8) is 0 Å². The van der Waals surface area contributed by atoms with Crippen LogP contribution in [0.2, 0.25) is 0 Å². The van der Waals surface area contributed by atoms with Gasteiger partial charge in [-0.25, -0.2) is 0 Å². The number of Topliss-reactive ketones (excluding diaryl/α,β-unsaturated/α-hetero) is 3. The Balaban J connectivity index is 1.61. The van der Waals surface area contributed by atoms with Crippen LogP contribution in [0.3, 0.4) is 0 Å². The highest BCUT2D eigenvalue weighted by molar-refractivity contribution is 6.18. The van der Waals surface area contributed by atoms with Gasteiger partial charge in [0.15, 0.2) is 17.3 Å². The van der Waals surface area contributed by atoms with E-state index in [4.69, 9.17) is 10.5 Å². The zero-order valence-electron chi connectivity index (χ0n) is 20.9. The van der Waals surface area contributed by atoms with Crippen LogP contribution in [0.15, 0.2) is 36.4 Å². The van der Waals surface area contributed by atoms with Crippen LogP contribution < -0.4 is 10.5 Å². The van der Waals surface area contributed by atoms with E-state index >= 15 is 0 Å².